The normalized spacial score (nSPS) is 23.8. The fraction of sp³-hybridized carbons (Fsp3) is 0.684. The molecule has 1 saturated carbocycles. The van der Waals surface area contributed by atoms with Crippen molar-refractivity contribution in [3.63, 3.8) is 0 Å². The zero-order valence-electron chi connectivity index (χ0n) is 13.9. The van der Waals surface area contributed by atoms with Gasteiger partial charge in [0.25, 0.3) is 0 Å². The molecule has 1 unspecified atom stereocenters. The van der Waals surface area contributed by atoms with E-state index >= 15 is 0 Å². The molecule has 1 aromatic rings. The summed E-state index contributed by atoms with van der Waals surface area (Å²) in [5.74, 6) is 2.54. The maximum absolute atomic E-state index is 6.01. The van der Waals surface area contributed by atoms with E-state index in [1.807, 2.05) is 0 Å². The van der Waals surface area contributed by atoms with Crippen LogP contribution in [0.4, 0.5) is 0 Å². The molecule has 1 aliphatic carbocycles. The van der Waals surface area contributed by atoms with Crippen molar-refractivity contribution < 1.29 is 4.74 Å². The lowest BCUT2D eigenvalue weighted by Gasteiger charge is -2.27. The topological polar surface area (TPSA) is 21.3 Å². The molecule has 0 amide bonds. The van der Waals surface area contributed by atoms with Crippen LogP contribution in [0.1, 0.15) is 64.4 Å². The third-order valence-electron chi connectivity index (χ3n) is 4.87. The summed E-state index contributed by atoms with van der Waals surface area (Å²) in [6, 6.07) is 9.17. The fourth-order valence-corrected chi connectivity index (χ4v) is 3.13. The minimum atomic E-state index is 0.564. The molecular weight excluding hydrogens is 258 g/mol. The molecule has 2 heteroatoms. The highest BCUT2D eigenvalue weighted by atomic mass is 16.5. The third kappa shape index (κ3) is 5.03. The lowest BCUT2D eigenvalue weighted by Crippen LogP contribution is -2.35. The summed E-state index contributed by atoms with van der Waals surface area (Å²) in [6.07, 6.45) is 6.54. The molecule has 0 aromatic heterocycles. The standard InChI is InChI=1S/C19H31NO/c1-4-16(3)18-7-5-6-8-19(18)21-14-13-20-17-11-9-15(2)10-12-17/h5-8,15-17,20H,4,9-14H2,1-3H3. The van der Waals surface area contributed by atoms with Crippen LogP contribution in [0.3, 0.4) is 0 Å². The number of benzene rings is 1. The largest absolute Gasteiger partial charge is 0.492 e. The van der Waals surface area contributed by atoms with Crippen LogP contribution in [-0.4, -0.2) is 19.2 Å². The Balaban J connectivity index is 1.73. The summed E-state index contributed by atoms with van der Waals surface area (Å²) in [4.78, 5) is 0. The van der Waals surface area contributed by atoms with Crippen molar-refractivity contribution in [3.8, 4) is 5.75 Å². The van der Waals surface area contributed by atoms with Gasteiger partial charge in [0.15, 0.2) is 0 Å². The predicted molar refractivity (Wildman–Crippen MR) is 90.1 cm³/mol. The molecule has 2 rings (SSSR count). The quantitative estimate of drug-likeness (QED) is 0.732. The predicted octanol–water partition coefficient (Wildman–Crippen LogP) is 4.75. The van der Waals surface area contributed by atoms with E-state index in [2.05, 4.69) is 50.4 Å². The molecule has 118 valence electrons. The van der Waals surface area contributed by atoms with Crippen LogP contribution in [0.15, 0.2) is 24.3 Å². The monoisotopic (exact) mass is 289 g/mol. The molecule has 1 fully saturated rings. The van der Waals surface area contributed by atoms with E-state index in [1.54, 1.807) is 0 Å². The molecule has 0 heterocycles. The molecule has 0 radical (unpaired) electrons. The summed E-state index contributed by atoms with van der Waals surface area (Å²) in [5.41, 5.74) is 1.34. The summed E-state index contributed by atoms with van der Waals surface area (Å²) in [7, 11) is 0. The van der Waals surface area contributed by atoms with Crippen LogP contribution >= 0.6 is 0 Å². The van der Waals surface area contributed by atoms with Gasteiger partial charge in [-0.3, -0.25) is 0 Å². The Kier molecular flexibility index (Phi) is 6.56. The fourth-order valence-electron chi connectivity index (χ4n) is 3.13. The Hall–Kier alpha value is -1.02. The van der Waals surface area contributed by atoms with Gasteiger partial charge in [-0.05, 0) is 55.6 Å². The molecule has 0 saturated heterocycles. The highest BCUT2D eigenvalue weighted by molar-refractivity contribution is 5.35. The third-order valence-corrected chi connectivity index (χ3v) is 4.87. The molecule has 0 aliphatic heterocycles. The molecule has 1 atom stereocenters. The molecule has 21 heavy (non-hydrogen) atoms. The van der Waals surface area contributed by atoms with Crippen molar-refractivity contribution in [1.29, 1.82) is 0 Å². The molecular formula is C19H31NO. The van der Waals surface area contributed by atoms with E-state index in [0.29, 0.717) is 12.0 Å². The summed E-state index contributed by atoms with van der Waals surface area (Å²) in [6.45, 7) is 8.58. The maximum Gasteiger partial charge on any atom is 0.122 e. The second-order valence-corrected chi connectivity index (χ2v) is 6.61. The van der Waals surface area contributed by atoms with Crippen LogP contribution in [0.2, 0.25) is 0 Å². The van der Waals surface area contributed by atoms with Crippen molar-refractivity contribution in [2.45, 2.75) is 64.8 Å². The average Bonchev–Trinajstić information content (AvgIpc) is 2.53. The minimum Gasteiger partial charge on any atom is -0.492 e. The highest BCUT2D eigenvalue weighted by Gasteiger charge is 2.17. The number of ether oxygens (including phenoxy) is 1. The van der Waals surface area contributed by atoms with Gasteiger partial charge in [-0.1, -0.05) is 39.0 Å². The Morgan fingerprint density at radius 2 is 1.90 bits per heavy atom. The van der Waals surface area contributed by atoms with Crippen molar-refractivity contribution in [3.05, 3.63) is 29.8 Å². The molecule has 1 aromatic carbocycles. The Bertz CT molecular complexity index is 410. The van der Waals surface area contributed by atoms with Gasteiger partial charge in [0.1, 0.15) is 12.4 Å². The molecule has 1 N–H and O–H groups in total. The SMILES string of the molecule is CCC(C)c1ccccc1OCCNC1CCC(C)CC1. The second kappa shape index (κ2) is 8.43. The van der Waals surface area contributed by atoms with Gasteiger partial charge >= 0.3 is 0 Å². The van der Waals surface area contributed by atoms with Crippen LogP contribution in [-0.2, 0) is 0 Å². The van der Waals surface area contributed by atoms with Gasteiger partial charge in [-0.25, -0.2) is 0 Å². The van der Waals surface area contributed by atoms with E-state index < -0.39 is 0 Å². The first kappa shape index (κ1) is 16.4. The number of hydrogen-bond acceptors (Lipinski definition) is 2. The van der Waals surface area contributed by atoms with Crippen LogP contribution in [0.25, 0.3) is 0 Å². The highest BCUT2D eigenvalue weighted by Crippen LogP contribution is 2.28. The second-order valence-electron chi connectivity index (χ2n) is 6.61. The average molecular weight is 289 g/mol. The van der Waals surface area contributed by atoms with Crippen LogP contribution < -0.4 is 10.1 Å². The zero-order chi connectivity index (χ0) is 15.1. The van der Waals surface area contributed by atoms with Crippen molar-refractivity contribution >= 4 is 0 Å². The number of nitrogens with one attached hydrogen (secondary N) is 1. The van der Waals surface area contributed by atoms with Crippen molar-refractivity contribution in [2.24, 2.45) is 5.92 Å². The molecule has 2 nitrogen and oxygen atoms in total. The molecule has 1 aliphatic rings. The van der Waals surface area contributed by atoms with Crippen molar-refractivity contribution in [1.82, 2.24) is 5.32 Å². The van der Waals surface area contributed by atoms with Gasteiger partial charge in [0.05, 0.1) is 0 Å². The smallest absolute Gasteiger partial charge is 0.122 e. The first-order valence-electron chi connectivity index (χ1n) is 8.65. The van der Waals surface area contributed by atoms with E-state index in [9.17, 15) is 0 Å². The van der Waals surface area contributed by atoms with E-state index in [0.717, 1.165) is 31.2 Å². The first-order valence-corrected chi connectivity index (χ1v) is 8.65. The van der Waals surface area contributed by atoms with Crippen molar-refractivity contribution in [2.75, 3.05) is 13.2 Å². The Labute approximate surface area is 130 Å². The lowest BCUT2D eigenvalue weighted by molar-refractivity contribution is 0.268. The lowest BCUT2D eigenvalue weighted by atomic mass is 9.87. The zero-order valence-corrected chi connectivity index (χ0v) is 13.9. The minimum absolute atomic E-state index is 0.564. The summed E-state index contributed by atoms with van der Waals surface area (Å²) >= 11 is 0. The van der Waals surface area contributed by atoms with E-state index in [4.69, 9.17) is 4.74 Å². The van der Waals surface area contributed by atoms with Gasteiger partial charge in [-0.2, -0.15) is 0 Å². The molecule has 0 bridgehead atoms. The van der Waals surface area contributed by atoms with Gasteiger partial charge in [-0.15, -0.1) is 0 Å². The summed E-state index contributed by atoms with van der Waals surface area (Å²) < 4.78 is 6.01. The van der Waals surface area contributed by atoms with E-state index in [1.165, 1.54) is 31.2 Å². The summed E-state index contributed by atoms with van der Waals surface area (Å²) in [5, 5.41) is 3.65. The van der Waals surface area contributed by atoms with E-state index in [-0.39, 0.29) is 0 Å². The Morgan fingerprint density at radius 3 is 2.62 bits per heavy atom. The van der Waals surface area contributed by atoms with Crippen LogP contribution in [0, 0.1) is 5.92 Å². The van der Waals surface area contributed by atoms with Crippen LogP contribution in [0.5, 0.6) is 5.75 Å². The van der Waals surface area contributed by atoms with Gasteiger partial charge in [0.2, 0.25) is 0 Å². The number of rotatable bonds is 7. The first-order chi connectivity index (χ1) is 10.2. The maximum atomic E-state index is 6.01. The molecule has 0 spiro atoms. The number of para-hydroxylation sites is 1. The van der Waals surface area contributed by atoms with Gasteiger partial charge in [0, 0.05) is 12.6 Å². The Morgan fingerprint density at radius 1 is 1.19 bits per heavy atom. The number of hydrogen-bond donors (Lipinski definition) is 1. The van der Waals surface area contributed by atoms with Gasteiger partial charge < -0.3 is 10.1 Å².